The van der Waals surface area contributed by atoms with E-state index in [-0.39, 0.29) is 5.69 Å². The first-order chi connectivity index (χ1) is 11.5. The minimum absolute atomic E-state index is 0.0696. The van der Waals surface area contributed by atoms with E-state index in [0.717, 1.165) is 18.4 Å². The minimum atomic E-state index is -0.412. The van der Waals surface area contributed by atoms with Crippen molar-refractivity contribution in [2.24, 2.45) is 5.10 Å². The Kier molecular flexibility index (Phi) is 4.64. The zero-order valence-corrected chi connectivity index (χ0v) is 13.9. The van der Waals surface area contributed by atoms with E-state index in [0.29, 0.717) is 23.6 Å². The van der Waals surface area contributed by atoms with Crippen molar-refractivity contribution >= 4 is 11.9 Å². The van der Waals surface area contributed by atoms with Crippen LogP contribution in [0.15, 0.2) is 45.9 Å². The second-order valence-corrected chi connectivity index (χ2v) is 6.26. The molecule has 6 heteroatoms. The van der Waals surface area contributed by atoms with Gasteiger partial charge in [0, 0.05) is 29.8 Å². The third-order valence-corrected chi connectivity index (χ3v) is 4.45. The van der Waals surface area contributed by atoms with Gasteiger partial charge in [0.05, 0.1) is 11.1 Å². The summed E-state index contributed by atoms with van der Waals surface area (Å²) in [4.78, 5) is 10.3. The van der Waals surface area contributed by atoms with Gasteiger partial charge in [-0.3, -0.25) is 15.1 Å². The number of nitro benzene ring substituents is 1. The number of non-ortho nitro benzene ring substituents is 1. The number of rotatable bonds is 4. The Labute approximate surface area is 140 Å². The van der Waals surface area contributed by atoms with E-state index in [2.05, 4.69) is 24.0 Å². The van der Waals surface area contributed by atoms with Crippen LogP contribution in [0.5, 0.6) is 0 Å². The summed E-state index contributed by atoms with van der Waals surface area (Å²) in [6.07, 6.45) is 5.31. The second-order valence-electron chi connectivity index (χ2n) is 6.26. The molecule has 1 aliphatic heterocycles. The molecule has 1 aliphatic rings. The van der Waals surface area contributed by atoms with Gasteiger partial charge in [-0.15, -0.1) is 0 Å². The van der Waals surface area contributed by atoms with Crippen LogP contribution in [0.1, 0.15) is 38.9 Å². The van der Waals surface area contributed by atoms with Crippen LogP contribution in [0, 0.1) is 10.1 Å². The molecule has 126 valence electrons. The average Bonchev–Trinajstić information content (AvgIpc) is 3.03. The second kappa shape index (κ2) is 6.86. The Balaban J connectivity index is 1.73. The number of nitro groups is 1. The van der Waals surface area contributed by atoms with Crippen LogP contribution in [-0.4, -0.2) is 28.2 Å². The zero-order chi connectivity index (χ0) is 17.1. The van der Waals surface area contributed by atoms with Crippen molar-refractivity contribution < 1.29 is 9.34 Å². The molecule has 24 heavy (non-hydrogen) atoms. The van der Waals surface area contributed by atoms with Crippen molar-refractivity contribution in [2.75, 3.05) is 0 Å². The lowest BCUT2D eigenvalue weighted by molar-refractivity contribution is -0.384. The number of hydrogen-bond acceptors (Lipinski definition) is 5. The van der Waals surface area contributed by atoms with E-state index >= 15 is 0 Å². The molecule has 1 saturated heterocycles. The van der Waals surface area contributed by atoms with Gasteiger partial charge in [0.1, 0.15) is 11.5 Å². The number of piperidine rings is 1. The summed E-state index contributed by atoms with van der Waals surface area (Å²) >= 11 is 0. The highest BCUT2D eigenvalue weighted by atomic mass is 16.6. The number of furan rings is 1. The third-order valence-electron chi connectivity index (χ3n) is 4.45. The van der Waals surface area contributed by atoms with Gasteiger partial charge in [-0.05, 0) is 57.4 Å². The molecule has 0 spiro atoms. The van der Waals surface area contributed by atoms with E-state index in [1.807, 2.05) is 12.1 Å². The summed E-state index contributed by atoms with van der Waals surface area (Å²) in [6.45, 7) is 4.38. The fourth-order valence-corrected chi connectivity index (χ4v) is 3.08. The summed E-state index contributed by atoms with van der Waals surface area (Å²) in [7, 11) is 0. The van der Waals surface area contributed by atoms with Gasteiger partial charge in [0.2, 0.25) is 0 Å². The molecule has 2 atom stereocenters. The van der Waals surface area contributed by atoms with E-state index in [9.17, 15) is 10.1 Å². The molecule has 2 aromatic rings. The summed E-state index contributed by atoms with van der Waals surface area (Å²) in [5.41, 5.74) is 0.875. The predicted molar refractivity (Wildman–Crippen MR) is 93.0 cm³/mol. The standard InChI is InChI=1S/C18H21N3O3/c1-13-4-3-5-14(2)20(13)19-12-17-10-11-18(24-17)15-6-8-16(9-7-15)21(22)23/h6-14H,3-5H2,1-2H3/b19-12-/t13-,14-/m1/s1. The first-order valence-corrected chi connectivity index (χ1v) is 8.21. The van der Waals surface area contributed by atoms with E-state index in [1.54, 1.807) is 18.3 Å². The van der Waals surface area contributed by atoms with Crippen molar-refractivity contribution in [3.63, 3.8) is 0 Å². The molecular weight excluding hydrogens is 306 g/mol. The van der Waals surface area contributed by atoms with Crippen molar-refractivity contribution in [3.8, 4) is 11.3 Å². The summed E-state index contributed by atoms with van der Waals surface area (Å²) in [5, 5.41) is 17.4. The van der Waals surface area contributed by atoms with Crippen LogP contribution in [-0.2, 0) is 0 Å². The minimum Gasteiger partial charge on any atom is -0.455 e. The van der Waals surface area contributed by atoms with Gasteiger partial charge < -0.3 is 4.42 Å². The van der Waals surface area contributed by atoms with E-state index in [4.69, 9.17) is 4.42 Å². The van der Waals surface area contributed by atoms with Crippen LogP contribution in [0.25, 0.3) is 11.3 Å². The first-order valence-electron chi connectivity index (χ1n) is 8.21. The highest BCUT2D eigenvalue weighted by Gasteiger charge is 2.22. The summed E-state index contributed by atoms with van der Waals surface area (Å²) < 4.78 is 5.79. The lowest BCUT2D eigenvalue weighted by Gasteiger charge is -2.36. The molecule has 0 N–H and O–H groups in total. The lowest BCUT2D eigenvalue weighted by atomic mass is 10.00. The molecule has 0 unspecified atom stereocenters. The van der Waals surface area contributed by atoms with Crippen molar-refractivity contribution in [3.05, 3.63) is 52.3 Å². The van der Waals surface area contributed by atoms with Crippen LogP contribution in [0.3, 0.4) is 0 Å². The maximum Gasteiger partial charge on any atom is 0.269 e. The molecule has 0 bridgehead atoms. The summed E-state index contributed by atoms with van der Waals surface area (Å²) in [5.74, 6) is 1.35. The van der Waals surface area contributed by atoms with Crippen molar-refractivity contribution in [1.29, 1.82) is 0 Å². The SMILES string of the molecule is C[C@@H]1CCC[C@@H](C)N1/N=C\c1ccc(-c2ccc([N+](=O)[O-])cc2)o1. The first kappa shape index (κ1) is 16.2. The zero-order valence-electron chi connectivity index (χ0n) is 13.9. The smallest absolute Gasteiger partial charge is 0.269 e. The Hall–Kier alpha value is -2.63. The fraction of sp³-hybridized carbons (Fsp3) is 0.389. The Morgan fingerprint density at radius 2 is 1.83 bits per heavy atom. The maximum absolute atomic E-state index is 10.7. The van der Waals surface area contributed by atoms with Gasteiger partial charge in [0.15, 0.2) is 0 Å². The molecule has 0 radical (unpaired) electrons. The number of hydrazone groups is 1. The highest BCUT2D eigenvalue weighted by Crippen LogP contribution is 2.25. The predicted octanol–water partition coefficient (Wildman–Crippen LogP) is 4.45. The molecule has 1 aromatic carbocycles. The van der Waals surface area contributed by atoms with E-state index in [1.165, 1.54) is 18.6 Å². The van der Waals surface area contributed by atoms with Crippen LogP contribution < -0.4 is 0 Å². The van der Waals surface area contributed by atoms with Gasteiger partial charge in [0.25, 0.3) is 5.69 Å². The molecule has 3 rings (SSSR count). The van der Waals surface area contributed by atoms with Gasteiger partial charge >= 0.3 is 0 Å². The van der Waals surface area contributed by atoms with Crippen molar-refractivity contribution in [1.82, 2.24) is 5.01 Å². The largest absolute Gasteiger partial charge is 0.455 e. The molecule has 2 heterocycles. The monoisotopic (exact) mass is 327 g/mol. The number of nitrogens with zero attached hydrogens (tertiary/aromatic N) is 3. The molecule has 0 saturated carbocycles. The van der Waals surface area contributed by atoms with Crippen LogP contribution in [0.2, 0.25) is 0 Å². The highest BCUT2D eigenvalue weighted by molar-refractivity contribution is 5.77. The Morgan fingerprint density at radius 3 is 2.46 bits per heavy atom. The molecule has 1 aromatic heterocycles. The van der Waals surface area contributed by atoms with Crippen molar-refractivity contribution in [2.45, 2.75) is 45.2 Å². The molecule has 6 nitrogen and oxygen atoms in total. The third kappa shape index (κ3) is 3.48. The Morgan fingerprint density at radius 1 is 1.17 bits per heavy atom. The number of hydrogen-bond donors (Lipinski definition) is 0. The van der Waals surface area contributed by atoms with Crippen LogP contribution in [0.4, 0.5) is 5.69 Å². The normalized spacial score (nSPS) is 21.3. The van der Waals surface area contributed by atoms with E-state index < -0.39 is 4.92 Å². The lowest BCUT2D eigenvalue weighted by Crippen LogP contribution is -2.39. The molecule has 1 fully saturated rings. The van der Waals surface area contributed by atoms with Gasteiger partial charge in [-0.2, -0.15) is 5.10 Å². The maximum atomic E-state index is 10.7. The van der Waals surface area contributed by atoms with Gasteiger partial charge in [-0.1, -0.05) is 0 Å². The average molecular weight is 327 g/mol. The van der Waals surface area contributed by atoms with Crippen LogP contribution >= 0.6 is 0 Å². The molecular formula is C18H21N3O3. The summed E-state index contributed by atoms with van der Waals surface area (Å²) in [6, 6.07) is 10.9. The number of benzene rings is 1. The van der Waals surface area contributed by atoms with Gasteiger partial charge in [-0.25, -0.2) is 0 Å². The quantitative estimate of drug-likeness (QED) is 0.472. The molecule has 0 aliphatic carbocycles. The fourth-order valence-electron chi connectivity index (χ4n) is 3.08. The molecule has 0 amide bonds. The Bertz CT molecular complexity index is 726. The topological polar surface area (TPSA) is 71.9 Å².